The van der Waals surface area contributed by atoms with Crippen LogP contribution in [0, 0.1) is 0 Å². The number of hydrogen-bond acceptors (Lipinski definition) is 3. The number of rotatable bonds is 4. The molecule has 0 fully saturated rings. The van der Waals surface area contributed by atoms with E-state index in [1.165, 1.54) is 0 Å². The van der Waals surface area contributed by atoms with Crippen LogP contribution in [0.2, 0.25) is 0 Å². The molecule has 0 heterocycles. The number of methoxy groups -OCH3 is 1. The Morgan fingerprint density at radius 1 is 1.05 bits per heavy atom. The van der Waals surface area contributed by atoms with Gasteiger partial charge in [0.1, 0.15) is 18.1 Å². The van der Waals surface area contributed by atoms with Gasteiger partial charge in [0.25, 0.3) is 0 Å². The fraction of sp³-hybridized carbons (Fsp3) is 0.143. The molecule has 6 heteroatoms. The summed E-state index contributed by atoms with van der Waals surface area (Å²) in [5.74, 6) is 1.47. The average Bonchev–Trinajstić information content (AvgIpc) is 2.43. The van der Waals surface area contributed by atoms with E-state index in [1.54, 1.807) is 7.11 Å². The summed E-state index contributed by atoms with van der Waals surface area (Å²) in [6.07, 6.45) is 0. The van der Waals surface area contributed by atoms with Crippen molar-refractivity contribution in [3.63, 3.8) is 0 Å². The molecule has 0 atom stereocenters. The van der Waals surface area contributed by atoms with Crippen molar-refractivity contribution < 1.29 is 9.47 Å². The lowest BCUT2D eigenvalue weighted by atomic mass is 10.2. The van der Waals surface area contributed by atoms with Crippen LogP contribution in [0.1, 0.15) is 5.56 Å². The Labute approximate surface area is 142 Å². The molecule has 0 radical (unpaired) electrons. The van der Waals surface area contributed by atoms with Crippen LogP contribution in [-0.2, 0) is 6.61 Å². The van der Waals surface area contributed by atoms with Crippen molar-refractivity contribution in [3.8, 4) is 11.5 Å². The van der Waals surface area contributed by atoms with Crippen LogP contribution < -0.4 is 15.2 Å². The quantitative estimate of drug-likeness (QED) is 0.635. The number of anilines is 1. The molecular formula is C14H12Br3NO2. The van der Waals surface area contributed by atoms with Gasteiger partial charge in [-0.2, -0.15) is 0 Å². The predicted molar refractivity (Wildman–Crippen MR) is 91.3 cm³/mol. The Bertz CT molecular complexity index is 632. The predicted octanol–water partition coefficient (Wildman–Crippen LogP) is 5.14. The van der Waals surface area contributed by atoms with Gasteiger partial charge in [-0.1, -0.05) is 12.1 Å². The van der Waals surface area contributed by atoms with E-state index in [1.807, 2.05) is 30.3 Å². The third-order valence-electron chi connectivity index (χ3n) is 2.70. The molecule has 2 N–H and O–H groups in total. The summed E-state index contributed by atoms with van der Waals surface area (Å²) in [5, 5.41) is 0. The van der Waals surface area contributed by atoms with Gasteiger partial charge in [0.15, 0.2) is 0 Å². The molecule has 106 valence electrons. The first-order valence-corrected chi connectivity index (χ1v) is 8.09. The van der Waals surface area contributed by atoms with Crippen LogP contribution in [0.3, 0.4) is 0 Å². The van der Waals surface area contributed by atoms with E-state index in [0.717, 1.165) is 30.5 Å². The number of halogens is 3. The summed E-state index contributed by atoms with van der Waals surface area (Å²) >= 11 is 10.4. The zero-order valence-corrected chi connectivity index (χ0v) is 15.4. The van der Waals surface area contributed by atoms with E-state index in [9.17, 15) is 0 Å². The molecule has 2 rings (SSSR count). The maximum Gasteiger partial charge on any atom is 0.135 e. The molecule has 0 spiro atoms. The lowest BCUT2D eigenvalue weighted by Crippen LogP contribution is -1.99. The van der Waals surface area contributed by atoms with Gasteiger partial charge < -0.3 is 15.2 Å². The number of hydrogen-bond donors (Lipinski definition) is 1. The van der Waals surface area contributed by atoms with E-state index in [4.69, 9.17) is 15.2 Å². The van der Waals surface area contributed by atoms with Crippen LogP contribution in [0.15, 0.2) is 43.7 Å². The molecule has 20 heavy (non-hydrogen) atoms. The van der Waals surface area contributed by atoms with Crippen molar-refractivity contribution in [2.24, 2.45) is 0 Å². The van der Waals surface area contributed by atoms with Crippen molar-refractivity contribution >= 4 is 53.5 Å². The second kappa shape index (κ2) is 6.83. The minimum atomic E-state index is 0.420. The highest BCUT2D eigenvalue weighted by atomic mass is 79.9. The molecule has 0 saturated heterocycles. The van der Waals surface area contributed by atoms with Crippen LogP contribution in [0.25, 0.3) is 0 Å². The first kappa shape index (κ1) is 15.7. The van der Waals surface area contributed by atoms with E-state index < -0.39 is 0 Å². The minimum absolute atomic E-state index is 0.420. The maximum atomic E-state index is 5.85. The molecule has 2 aromatic rings. The van der Waals surface area contributed by atoms with Crippen molar-refractivity contribution in [2.75, 3.05) is 12.8 Å². The van der Waals surface area contributed by atoms with Gasteiger partial charge in [-0.15, -0.1) is 0 Å². The van der Waals surface area contributed by atoms with Gasteiger partial charge in [-0.05, 0) is 66.0 Å². The second-order valence-corrected chi connectivity index (χ2v) is 6.53. The smallest absolute Gasteiger partial charge is 0.135 e. The van der Waals surface area contributed by atoms with E-state index in [2.05, 4.69) is 47.8 Å². The standard InChI is InChI=1S/C14H12Br3NO2/c1-19-12-5-10(16)13(6-9(12)15)20-7-8-3-2-4-11(18)14(8)17/h2-6H,7,18H2,1H3. The SMILES string of the molecule is COc1cc(Br)c(OCc2cccc(N)c2Br)cc1Br. The van der Waals surface area contributed by atoms with Gasteiger partial charge >= 0.3 is 0 Å². The molecule has 0 bridgehead atoms. The zero-order valence-electron chi connectivity index (χ0n) is 10.6. The Morgan fingerprint density at radius 3 is 2.40 bits per heavy atom. The maximum absolute atomic E-state index is 5.85. The molecule has 3 nitrogen and oxygen atoms in total. The monoisotopic (exact) mass is 463 g/mol. The van der Waals surface area contributed by atoms with Crippen molar-refractivity contribution in [1.82, 2.24) is 0 Å². The minimum Gasteiger partial charge on any atom is -0.496 e. The summed E-state index contributed by atoms with van der Waals surface area (Å²) < 4.78 is 13.6. The third kappa shape index (κ3) is 3.48. The highest BCUT2D eigenvalue weighted by Gasteiger charge is 2.10. The van der Waals surface area contributed by atoms with Gasteiger partial charge in [0.05, 0.1) is 16.1 Å². The molecule has 2 aromatic carbocycles. The van der Waals surface area contributed by atoms with Gasteiger partial charge in [-0.25, -0.2) is 0 Å². The van der Waals surface area contributed by atoms with E-state index >= 15 is 0 Å². The summed E-state index contributed by atoms with van der Waals surface area (Å²) in [6.45, 7) is 0.420. The molecule has 0 aliphatic carbocycles. The summed E-state index contributed by atoms with van der Waals surface area (Å²) in [5.41, 5.74) is 7.53. The highest BCUT2D eigenvalue weighted by Crippen LogP contribution is 2.36. The van der Waals surface area contributed by atoms with E-state index in [-0.39, 0.29) is 0 Å². The topological polar surface area (TPSA) is 44.5 Å². The molecule has 0 aliphatic rings. The average molecular weight is 466 g/mol. The van der Waals surface area contributed by atoms with Crippen molar-refractivity contribution in [2.45, 2.75) is 6.61 Å². The number of ether oxygens (including phenoxy) is 2. The lowest BCUT2D eigenvalue weighted by Gasteiger charge is -2.12. The third-order valence-corrected chi connectivity index (χ3v) is 4.90. The molecule has 0 aliphatic heterocycles. The molecule has 0 unspecified atom stereocenters. The highest BCUT2D eigenvalue weighted by molar-refractivity contribution is 9.11. The fourth-order valence-electron chi connectivity index (χ4n) is 1.64. The molecule has 0 amide bonds. The Hall–Kier alpha value is -0.720. The van der Waals surface area contributed by atoms with Crippen LogP contribution in [0.5, 0.6) is 11.5 Å². The van der Waals surface area contributed by atoms with E-state index in [0.29, 0.717) is 12.3 Å². The normalized spacial score (nSPS) is 10.4. The van der Waals surface area contributed by atoms with Crippen molar-refractivity contribution in [3.05, 3.63) is 49.3 Å². The van der Waals surface area contributed by atoms with Crippen molar-refractivity contribution in [1.29, 1.82) is 0 Å². The van der Waals surface area contributed by atoms with Crippen LogP contribution in [0.4, 0.5) is 5.69 Å². The fourth-order valence-corrected chi connectivity index (χ4v) is 2.94. The Balaban J connectivity index is 2.19. The van der Waals surface area contributed by atoms with Gasteiger partial charge in [0.2, 0.25) is 0 Å². The first-order valence-electron chi connectivity index (χ1n) is 5.71. The number of nitrogens with two attached hydrogens (primary N) is 1. The summed E-state index contributed by atoms with van der Waals surface area (Å²) in [6, 6.07) is 9.43. The lowest BCUT2D eigenvalue weighted by molar-refractivity contribution is 0.302. The largest absolute Gasteiger partial charge is 0.496 e. The summed E-state index contributed by atoms with van der Waals surface area (Å²) in [7, 11) is 1.62. The number of benzene rings is 2. The molecule has 0 saturated carbocycles. The zero-order chi connectivity index (χ0) is 14.7. The van der Waals surface area contributed by atoms with Gasteiger partial charge in [0, 0.05) is 15.7 Å². The van der Waals surface area contributed by atoms with Crippen LogP contribution in [-0.4, -0.2) is 7.11 Å². The molecule has 0 aromatic heterocycles. The molecular weight excluding hydrogens is 454 g/mol. The first-order chi connectivity index (χ1) is 9.52. The second-order valence-electron chi connectivity index (χ2n) is 4.03. The Morgan fingerprint density at radius 2 is 1.70 bits per heavy atom. The number of nitrogen functional groups attached to an aromatic ring is 1. The summed E-state index contributed by atoms with van der Waals surface area (Å²) in [4.78, 5) is 0. The van der Waals surface area contributed by atoms with Crippen LogP contribution >= 0.6 is 47.8 Å². The Kier molecular flexibility index (Phi) is 5.35. The van der Waals surface area contributed by atoms with Gasteiger partial charge in [-0.3, -0.25) is 0 Å².